The molecular weight excluding hydrogens is 308 g/mol. The maximum Gasteiger partial charge on any atom is 0.277 e. The molecule has 1 amide bonds. The van der Waals surface area contributed by atoms with Crippen LogP contribution in [0.2, 0.25) is 10.0 Å². The maximum atomic E-state index is 12.8. The van der Waals surface area contributed by atoms with E-state index >= 15 is 0 Å². The van der Waals surface area contributed by atoms with E-state index in [1.54, 1.807) is 0 Å². The number of hydrogen-bond acceptors (Lipinski definition) is 2. The van der Waals surface area contributed by atoms with E-state index in [1.165, 1.54) is 18.2 Å². The van der Waals surface area contributed by atoms with Gasteiger partial charge in [-0.2, -0.15) is 0 Å². The van der Waals surface area contributed by atoms with Gasteiger partial charge in [0.1, 0.15) is 0 Å². The number of hydrogen-bond donors (Lipinski definition) is 2. The Kier molecular flexibility index (Phi) is 6.84. The Bertz CT molecular complexity index is 430. The van der Waals surface area contributed by atoms with Crippen LogP contribution in [0, 0.1) is 0 Å². The van der Waals surface area contributed by atoms with E-state index in [0.717, 1.165) is 0 Å². The standard InChI is InChI=1S/C10H10Cl2F2N2O.ClH/c11-6-1-2-8(12)7(3-6)9(17)16-5-10(13,14)4-15;/h1-3H,4-5,15H2,(H,16,17);1H. The Morgan fingerprint density at radius 1 is 1.39 bits per heavy atom. The molecule has 0 radical (unpaired) electrons. The Balaban J connectivity index is 0.00000289. The lowest BCUT2D eigenvalue weighted by Gasteiger charge is -2.14. The predicted molar refractivity (Wildman–Crippen MR) is 70.0 cm³/mol. The lowest BCUT2D eigenvalue weighted by Crippen LogP contribution is -2.41. The van der Waals surface area contributed by atoms with Gasteiger partial charge in [0.25, 0.3) is 11.8 Å². The smallest absolute Gasteiger partial charge is 0.277 e. The van der Waals surface area contributed by atoms with Gasteiger partial charge >= 0.3 is 0 Å². The molecular formula is C10H11Cl3F2N2O. The van der Waals surface area contributed by atoms with Gasteiger partial charge in [-0.1, -0.05) is 23.2 Å². The largest absolute Gasteiger partial charge is 0.346 e. The highest BCUT2D eigenvalue weighted by molar-refractivity contribution is 6.35. The summed E-state index contributed by atoms with van der Waals surface area (Å²) in [5.74, 6) is -3.86. The second-order valence-electron chi connectivity index (χ2n) is 3.37. The Labute approximate surface area is 119 Å². The number of nitrogens with two attached hydrogens (primary N) is 1. The summed E-state index contributed by atoms with van der Waals surface area (Å²) in [5, 5.41) is 2.48. The van der Waals surface area contributed by atoms with Crippen molar-refractivity contribution < 1.29 is 13.6 Å². The van der Waals surface area contributed by atoms with E-state index in [-0.39, 0.29) is 23.0 Å². The van der Waals surface area contributed by atoms with Gasteiger partial charge in [0, 0.05) is 5.02 Å². The number of alkyl halides is 2. The summed E-state index contributed by atoms with van der Waals surface area (Å²) in [6.07, 6.45) is 0. The molecule has 0 unspecified atom stereocenters. The molecule has 8 heteroatoms. The molecule has 3 nitrogen and oxygen atoms in total. The van der Waals surface area contributed by atoms with E-state index < -0.39 is 24.9 Å². The number of carbonyl (C=O) groups is 1. The van der Waals surface area contributed by atoms with E-state index in [4.69, 9.17) is 28.9 Å². The molecule has 0 atom stereocenters. The zero-order valence-corrected chi connectivity index (χ0v) is 11.4. The molecule has 0 heterocycles. The number of benzene rings is 1. The maximum absolute atomic E-state index is 12.8. The summed E-state index contributed by atoms with van der Waals surface area (Å²) in [6, 6.07) is 4.22. The third-order valence-electron chi connectivity index (χ3n) is 1.98. The second kappa shape index (κ2) is 7.09. The average molecular weight is 320 g/mol. The first-order valence-electron chi connectivity index (χ1n) is 4.67. The third-order valence-corrected chi connectivity index (χ3v) is 2.54. The molecule has 0 fully saturated rings. The molecule has 0 spiro atoms. The number of rotatable bonds is 4. The van der Waals surface area contributed by atoms with E-state index in [1.807, 2.05) is 5.32 Å². The predicted octanol–water partition coefficient (Wildman–Crippen LogP) is 2.74. The van der Waals surface area contributed by atoms with Gasteiger partial charge in [0.2, 0.25) is 0 Å². The highest BCUT2D eigenvalue weighted by Gasteiger charge is 2.27. The molecule has 102 valence electrons. The Morgan fingerprint density at radius 2 is 2.00 bits per heavy atom. The van der Waals surface area contributed by atoms with Gasteiger partial charge in [-0.25, -0.2) is 8.78 Å². The van der Waals surface area contributed by atoms with Crippen LogP contribution in [-0.4, -0.2) is 24.9 Å². The fourth-order valence-electron chi connectivity index (χ4n) is 1.05. The summed E-state index contributed by atoms with van der Waals surface area (Å²) >= 11 is 11.4. The minimum Gasteiger partial charge on any atom is -0.346 e. The van der Waals surface area contributed by atoms with Crippen LogP contribution in [0.4, 0.5) is 8.78 Å². The first kappa shape index (κ1) is 17.4. The highest BCUT2D eigenvalue weighted by Crippen LogP contribution is 2.20. The van der Waals surface area contributed by atoms with Crippen molar-refractivity contribution in [2.75, 3.05) is 13.1 Å². The summed E-state index contributed by atoms with van der Waals surface area (Å²) in [6.45, 7) is -1.68. The van der Waals surface area contributed by atoms with Gasteiger partial charge in [-0.3, -0.25) is 4.79 Å². The molecule has 0 saturated heterocycles. The van der Waals surface area contributed by atoms with Crippen molar-refractivity contribution in [3.05, 3.63) is 33.8 Å². The molecule has 3 N–H and O–H groups in total. The van der Waals surface area contributed by atoms with Gasteiger partial charge in [0.15, 0.2) is 0 Å². The summed E-state index contributed by atoms with van der Waals surface area (Å²) in [4.78, 5) is 11.6. The van der Waals surface area contributed by atoms with Crippen molar-refractivity contribution in [1.82, 2.24) is 5.32 Å². The Hall–Kier alpha value is -0.620. The molecule has 0 saturated carbocycles. The summed E-state index contributed by atoms with van der Waals surface area (Å²) in [7, 11) is 0. The quantitative estimate of drug-likeness (QED) is 0.896. The fourth-order valence-corrected chi connectivity index (χ4v) is 1.42. The van der Waals surface area contributed by atoms with Crippen LogP contribution in [0.15, 0.2) is 18.2 Å². The monoisotopic (exact) mass is 318 g/mol. The normalized spacial score (nSPS) is 10.7. The molecule has 0 aliphatic heterocycles. The number of carbonyl (C=O) groups excluding carboxylic acids is 1. The van der Waals surface area contributed by atoms with Gasteiger partial charge in [-0.05, 0) is 18.2 Å². The molecule has 1 rings (SSSR count). The number of amides is 1. The fraction of sp³-hybridized carbons (Fsp3) is 0.300. The summed E-state index contributed by atoms with van der Waals surface area (Å²) in [5.41, 5.74) is 4.88. The topological polar surface area (TPSA) is 55.1 Å². The molecule has 0 aliphatic carbocycles. The minimum absolute atomic E-state index is 0. The molecule has 1 aromatic carbocycles. The lowest BCUT2D eigenvalue weighted by atomic mass is 10.2. The van der Waals surface area contributed by atoms with Gasteiger partial charge in [-0.15, -0.1) is 12.4 Å². The average Bonchev–Trinajstić information content (AvgIpc) is 2.29. The van der Waals surface area contributed by atoms with Crippen molar-refractivity contribution in [2.45, 2.75) is 5.92 Å². The van der Waals surface area contributed by atoms with Gasteiger partial charge < -0.3 is 11.1 Å². The second-order valence-corrected chi connectivity index (χ2v) is 4.21. The van der Waals surface area contributed by atoms with Crippen LogP contribution in [0.1, 0.15) is 10.4 Å². The number of halogens is 5. The van der Waals surface area contributed by atoms with Crippen LogP contribution in [0.25, 0.3) is 0 Å². The Morgan fingerprint density at radius 3 is 2.56 bits per heavy atom. The van der Waals surface area contributed by atoms with E-state index in [2.05, 4.69) is 0 Å². The van der Waals surface area contributed by atoms with Crippen LogP contribution < -0.4 is 11.1 Å². The molecule has 0 aromatic heterocycles. The van der Waals surface area contributed by atoms with Crippen molar-refractivity contribution in [1.29, 1.82) is 0 Å². The summed E-state index contributed by atoms with van der Waals surface area (Å²) < 4.78 is 25.6. The number of nitrogens with one attached hydrogen (secondary N) is 1. The van der Waals surface area contributed by atoms with Crippen LogP contribution >= 0.6 is 35.6 Å². The van der Waals surface area contributed by atoms with Gasteiger partial charge in [0.05, 0.1) is 23.7 Å². The molecule has 0 bridgehead atoms. The van der Waals surface area contributed by atoms with Crippen LogP contribution in [0.5, 0.6) is 0 Å². The first-order chi connectivity index (χ1) is 7.85. The third kappa shape index (κ3) is 4.94. The highest BCUT2D eigenvalue weighted by atomic mass is 35.5. The lowest BCUT2D eigenvalue weighted by molar-refractivity contribution is 0.0118. The van der Waals surface area contributed by atoms with Crippen LogP contribution in [-0.2, 0) is 0 Å². The van der Waals surface area contributed by atoms with E-state index in [0.29, 0.717) is 5.02 Å². The minimum atomic E-state index is -3.14. The van der Waals surface area contributed by atoms with E-state index in [9.17, 15) is 13.6 Å². The van der Waals surface area contributed by atoms with Crippen molar-refractivity contribution in [2.24, 2.45) is 5.73 Å². The molecule has 18 heavy (non-hydrogen) atoms. The van der Waals surface area contributed by atoms with Crippen molar-refractivity contribution in [3.63, 3.8) is 0 Å². The van der Waals surface area contributed by atoms with Crippen LogP contribution in [0.3, 0.4) is 0 Å². The molecule has 1 aromatic rings. The van der Waals surface area contributed by atoms with Crippen molar-refractivity contribution >= 4 is 41.5 Å². The molecule has 0 aliphatic rings. The first-order valence-corrected chi connectivity index (χ1v) is 5.42. The zero-order valence-electron chi connectivity index (χ0n) is 9.05. The zero-order chi connectivity index (χ0) is 13.1. The van der Waals surface area contributed by atoms with Crippen molar-refractivity contribution in [3.8, 4) is 0 Å². The SMILES string of the molecule is Cl.NCC(F)(F)CNC(=O)c1cc(Cl)ccc1Cl.